The molecule has 1 saturated heterocycles. The highest BCUT2D eigenvalue weighted by molar-refractivity contribution is 5.57. The Morgan fingerprint density at radius 2 is 1.30 bits per heavy atom. The van der Waals surface area contributed by atoms with Crippen LogP contribution in [-0.2, 0) is 10.4 Å². The molecule has 2 bridgehead atoms. The van der Waals surface area contributed by atoms with Crippen LogP contribution < -0.4 is 0 Å². The summed E-state index contributed by atoms with van der Waals surface area (Å²) in [6, 6.07) is 18.0. The van der Waals surface area contributed by atoms with Crippen molar-refractivity contribution in [2.75, 3.05) is 0 Å². The van der Waals surface area contributed by atoms with E-state index in [0.29, 0.717) is 5.92 Å². The van der Waals surface area contributed by atoms with E-state index in [1.54, 1.807) is 0 Å². The third kappa shape index (κ3) is 2.39. The van der Waals surface area contributed by atoms with Gasteiger partial charge >= 0.3 is 0 Å². The Labute approximate surface area is 163 Å². The molecule has 0 spiro atoms. The first kappa shape index (κ1) is 17.5. The number of benzene rings is 2. The van der Waals surface area contributed by atoms with Gasteiger partial charge in [0.25, 0.3) is 0 Å². The van der Waals surface area contributed by atoms with E-state index in [2.05, 4.69) is 81.3 Å². The Morgan fingerprint density at radius 3 is 1.85 bits per heavy atom. The molecule has 0 N–H and O–H groups in total. The van der Waals surface area contributed by atoms with Gasteiger partial charge in [-0.3, -0.25) is 4.84 Å². The lowest BCUT2D eigenvalue weighted by Crippen LogP contribution is -2.61. The first-order valence-electron chi connectivity index (χ1n) is 10.5. The maximum absolute atomic E-state index is 7.22. The summed E-state index contributed by atoms with van der Waals surface area (Å²) in [6.07, 6.45) is 5.86. The van der Waals surface area contributed by atoms with Gasteiger partial charge in [-0.25, -0.2) is 0 Å². The van der Waals surface area contributed by atoms with Gasteiger partial charge in [0.05, 0.1) is 0 Å². The fourth-order valence-electron chi connectivity index (χ4n) is 6.10. The van der Waals surface area contributed by atoms with Gasteiger partial charge in [0, 0.05) is 17.0 Å². The fraction of sp³-hybridized carbons (Fsp3) is 0.520. The molecule has 0 atom stereocenters. The highest BCUT2D eigenvalue weighted by Crippen LogP contribution is 2.58. The lowest BCUT2D eigenvalue weighted by atomic mass is 9.61. The minimum Gasteiger partial charge on any atom is -0.282 e. The van der Waals surface area contributed by atoms with Crippen molar-refractivity contribution >= 4 is 0 Å². The Kier molecular flexibility index (Phi) is 3.68. The first-order valence-corrected chi connectivity index (χ1v) is 10.5. The largest absolute Gasteiger partial charge is 0.282 e. The van der Waals surface area contributed by atoms with Crippen LogP contribution in [0.5, 0.6) is 0 Å². The van der Waals surface area contributed by atoms with E-state index in [1.165, 1.54) is 47.9 Å². The molecule has 142 valence electrons. The predicted molar refractivity (Wildman–Crippen MR) is 110 cm³/mol. The van der Waals surface area contributed by atoms with Crippen LogP contribution in [0.2, 0.25) is 0 Å². The van der Waals surface area contributed by atoms with Crippen molar-refractivity contribution < 1.29 is 4.84 Å². The van der Waals surface area contributed by atoms with E-state index in [0.717, 1.165) is 6.42 Å². The second-order valence-corrected chi connectivity index (χ2v) is 9.96. The zero-order valence-corrected chi connectivity index (χ0v) is 17.1. The minimum absolute atomic E-state index is 0.0364. The Bertz CT molecular complexity index is 818. The Morgan fingerprint density at radius 1 is 0.778 bits per heavy atom. The van der Waals surface area contributed by atoms with Gasteiger partial charge in [-0.15, -0.1) is 0 Å². The molecule has 0 saturated carbocycles. The maximum Gasteiger partial charge on any atom is 0.140 e. The Hall–Kier alpha value is -1.64. The monoisotopic (exact) mass is 361 g/mol. The van der Waals surface area contributed by atoms with Gasteiger partial charge in [-0.2, -0.15) is 5.06 Å². The van der Waals surface area contributed by atoms with Crippen LogP contribution >= 0.6 is 0 Å². The van der Waals surface area contributed by atoms with Crippen molar-refractivity contribution in [3.05, 3.63) is 70.8 Å². The van der Waals surface area contributed by atoms with Gasteiger partial charge in [0.1, 0.15) is 5.60 Å². The smallest absolute Gasteiger partial charge is 0.140 e. The van der Waals surface area contributed by atoms with Crippen molar-refractivity contribution in [3.8, 4) is 0 Å². The molecule has 3 aliphatic carbocycles. The van der Waals surface area contributed by atoms with E-state index in [-0.39, 0.29) is 16.7 Å². The third-order valence-electron chi connectivity index (χ3n) is 7.25. The summed E-state index contributed by atoms with van der Waals surface area (Å²) in [5.41, 5.74) is 5.43. The first-order chi connectivity index (χ1) is 12.9. The van der Waals surface area contributed by atoms with Crippen LogP contribution in [-0.4, -0.2) is 16.1 Å². The van der Waals surface area contributed by atoms with Gasteiger partial charge < -0.3 is 0 Å². The maximum atomic E-state index is 7.22. The molecule has 2 aromatic carbocycles. The molecule has 0 amide bonds. The SMILES string of the molecule is CC1(C)CCCC(C)(C)N1OC12CCC(c3ccccc31)c1ccccc12. The number of fused-ring (bicyclic) bond motifs is 1. The average molecular weight is 362 g/mol. The Balaban J connectivity index is 1.70. The zero-order valence-electron chi connectivity index (χ0n) is 17.1. The molecule has 2 heteroatoms. The number of hydrogen-bond acceptors (Lipinski definition) is 2. The molecular weight excluding hydrogens is 330 g/mol. The number of hydrogen-bond donors (Lipinski definition) is 0. The molecule has 4 aliphatic rings. The van der Waals surface area contributed by atoms with Crippen molar-refractivity contribution in [1.29, 1.82) is 0 Å². The van der Waals surface area contributed by atoms with E-state index in [4.69, 9.17) is 4.84 Å². The summed E-state index contributed by atoms with van der Waals surface area (Å²) in [5, 5.41) is 2.36. The van der Waals surface area contributed by atoms with Crippen molar-refractivity contribution in [2.24, 2.45) is 0 Å². The molecule has 6 rings (SSSR count). The minimum atomic E-state index is -0.353. The van der Waals surface area contributed by atoms with Crippen molar-refractivity contribution in [3.63, 3.8) is 0 Å². The predicted octanol–water partition coefficient (Wildman–Crippen LogP) is 6.14. The fourth-order valence-corrected chi connectivity index (χ4v) is 6.10. The number of piperidine rings is 1. The van der Waals surface area contributed by atoms with Gasteiger partial charge in [0.2, 0.25) is 0 Å². The molecule has 1 fully saturated rings. The summed E-state index contributed by atoms with van der Waals surface area (Å²) < 4.78 is 0. The summed E-state index contributed by atoms with van der Waals surface area (Å²) in [4.78, 5) is 7.22. The highest BCUT2D eigenvalue weighted by Gasteiger charge is 2.54. The van der Waals surface area contributed by atoms with E-state index < -0.39 is 0 Å². The van der Waals surface area contributed by atoms with Crippen LogP contribution in [0.3, 0.4) is 0 Å². The summed E-state index contributed by atoms with van der Waals surface area (Å²) in [5.74, 6) is 0.519. The normalized spacial score (nSPS) is 30.6. The molecule has 1 heterocycles. The second kappa shape index (κ2) is 5.68. The molecule has 27 heavy (non-hydrogen) atoms. The number of rotatable bonds is 2. The lowest BCUT2D eigenvalue weighted by Gasteiger charge is -2.57. The highest BCUT2D eigenvalue weighted by atomic mass is 16.7. The standard InChI is InChI=1S/C25H31NO/c1-23(2)15-9-16-24(3,4)26(23)27-25-17-14-18(19-10-5-7-12-21(19)25)20-11-6-8-13-22(20)25/h5-8,10-13,18H,9,14-17H2,1-4H3. The summed E-state index contributed by atoms with van der Waals surface area (Å²) >= 11 is 0. The molecule has 2 nitrogen and oxygen atoms in total. The van der Waals surface area contributed by atoms with Crippen molar-refractivity contribution in [2.45, 2.75) is 82.4 Å². The molecule has 0 radical (unpaired) electrons. The summed E-state index contributed by atoms with van der Waals surface area (Å²) in [7, 11) is 0. The van der Waals surface area contributed by atoms with Gasteiger partial charge in [-0.1, -0.05) is 48.5 Å². The van der Waals surface area contributed by atoms with Crippen LogP contribution in [0.15, 0.2) is 48.5 Å². The third-order valence-corrected chi connectivity index (χ3v) is 7.25. The van der Waals surface area contributed by atoms with E-state index in [9.17, 15) is 0 Å². The second-order valence-electron chi connectivity index (χ2n) is 9.96. The molecule has 2 aromatic rings. The average Bonchev–Trinajstić information content (AvgIpc) is 2.65. The van der Waals surface area contributed by atoms with Crippen LogP contribution in [0.4, 0.5) is 0 Å². The molecule has 1 aliphatic heterocycles. The topological polar surface area (TPSA) is 12.5 Å². The number of hydroxylamine groups is 2. The molecule has 0 unspecified atom stereocenters. The summed E-state index contributed by atoms with van der Waals surface area (Å²) in [6.45, 7) is 9.38. The van der Waals surface area contributed by atoms with Gasteiger partial charge in [0.15, 0.2) is 0 Å². The lowest BCUT2D eigenvalue weighted by molar-refractivity contribution is -0.335. The quantitative estimate of drug-likeness (QED) is 0.636. The van der Waals surface area contributed by atoms with Gasteiger partial charge in [-0.05, 0) is 82.1 Å². The van der Waals surface area contributed by atoms with E-state index in [1.807, 2.05) is 0 Å². The van der Waals surface area contributed by atoms with Crippen molar-refractivity contribution in [1.82, 2.24) is 5.06 Å². The number of nitrogens with zero attached hydrogens (tertiary/aromatic N) is 1. The zero-order chi connectivity index (χ0) is 18.9. The van der Waals surface area contributed by atoms with Crippen LogP contribution in [0, 0.1) is 0 Å². The van der Waals surface area contributed by atoms with E-state index >= 15 is 0 Å². The van der Waals surface area contributed by atoms with Crippen LogP contribution in [0.1, 0.15) is 88.0 Å². The molecular formula is C25H31NO. The van der Waals surface area contributed by atoms with Crippen LogP contribution in [0.25, 0.3) is 0 Å². The molecule has 0 aromatic heterocycles.